The number of furan rings is 1. The predicted octanol–water partition coefficient (Wildman–Crippen LogP) is 1.48. The van der Waals surface area contributed by atoms with E-state index in [-0.39, 0.29) is 46.5 Å². The summed E-state index contributed by atoms with van der Waals surface area (Å²) < 4.78 is 37.6. The lowest BCUT2D eigenvalue weighted by molar-refractivity contribution is 0.0594. The molecule has 0 radical (unpaired) electrons. The number of ether oxygens (including phenoxy) is 1. The van der Waals surface area contributed by atoms with Crippen molar-refractivity contribution in [2.24, 2.45) is 0 Å². The Balaban J connectivity index is 0.00000264. The number of sulfonamides is 1. The first-order chi connectivity index (χ1) is 10.2. The Labute approximate surface area is 142 Å². The minimum atomic E-state index is -3.84. The van der Waals surface area contributed by atoms with Crippen molar-refractivity contribution in [1.29, 1.82) is 0 Å². The van der Waals surface area contributed by atoms with Crippen LogP contribution in [0.1, 0.15) is 35.7 Å². The van der Waals surface area contributed by atoms with Crippen LogP contribution in [0.3, 0.4) is 0 Å². The predicted molar refractivity (Wildman–Crippen MR) is 87.6 cm³/mol. The Hall–Kier alpha value is -1.09. The number of aryl methyl sites for hydroxylation is 2. The highest BCUT2D eigenvalue weighted by molar-refractivity contribution is 7.89. The monoisotopic (exact) mass is 366 g/mol. The lowest BCUT2D eigenvalue weighted by Gasteiger charge is -2.37. The molecule has 132 valence electrons. The maximum Gasteiger partial charge on any atom is 0.342 e. The van der Waals surface area contributed by atoms with E-state index < -0.39 is 16.0 Å². The molecule has 1 N–H and O–H groups in total. The molecule has 0 bridgehead atoms. The molecule has 2 unspecified atom stereocenters. The molecular weight excluding hydrogens is 344 g/mol. The third kappa shape index (κ3) is 3.40. The van der Waals surface area contributed by atoms with Crippen LogP contribution < -0.4 is 5.32 Å². The summed E-state index contributed by atoms with van der Waals surface area (Å²) in [6.07, 6.45) is 0. The largest absolute Gasteiger partial charge is 0.465 e. The van der Waals surface area contributed by atoms with Crippen LogP contribution in [0.2, 0.25) is 0 Å². The van der Waals surface area contributed by atoms with E-state index in [1.807, 2.05) is 13.8 Å². The van der Waals surface area contributed by atoms with Crippen molar-refractivity contribution >= 4 is 28.4 Å². The summed E-state index contributed by atoms with van der Waals surface area (Å²) in [5.74, 6) is -0.251. The van der Waals surface area contributed by atoms with Crippen LogP contribution in [0.25, 0.3) is 0 Å². The SMILES string of the molecule is COC(=O)c1c(C)oc(C)c1S(=O)(=O)N1CCNC(C)C1C.Cl. The van der Waals surface area contributed by atoms with Crippen molar-refractivity contribution in [2.45, 2.75) is 44.7 Å². The summed E-state index contributed by atoms with van der Waals surface area (Å²) in [5, 5.41) is 3.23. The Bertz CT molecular complexity index is 686. The molecule has 7 nitrogen and oxygen atoms in total. The molecule has 2 rings (SSSR count). The van der Waals surface area contributed by atoms with Crippen LogP contribution in [0.15, 0.2) is 9.31 Å². The molecule has 0 aliphatic carbocycles. The fourth-order valence-corrected chi connectivity index (χ4v) is 4.87. The van der Waals surface area contributed by atoms with Gasteiger partial charge >= 0.3 is 5.97 Å². The van der Waals surface area contributed by atoms with Gasteiger partial charge in [-0.2, -0.15) is 4.31 Å². The number of rotatable bonds is 3. The Morgan fingerprint density at radius 1 is 1.30 bits per heavy atom. The topological polar surface area (TPSA) is 88.8 Å². The van der Waals surface area contributed by atoms with Crippen molar-refractivity contribution < 1.29 is 22.4 Å². The van der Waals surface area contributed by atoms with Gasteiger partial charge in [-0.1, -0.05) is 0 Å². The minimum Gasteiger partial charge on any atom is -0.465 e. The Kier molecular flexibility index (Phi) is 6.25. The highest BCUT2D eigenvalue weighted by atomic mass is 35.5. The van der Waals surface area contributed by atoms with Gasteiger partial charge in [-0.05, 0) is 27.7 Å². The normalized spacial score (nSPS) is 22.5. The zero-order valence-electron chi connectivity index (χ0n) is 13.9. The molecule has 2 atom stereocenters. The van der Waals surface area contributed by atoms with Crippen LogP contribution in [-0.4, -0.2) is 51.0 Å². The van der Waals surface area contributed by atoms with Gasteiger partial charge in [-0.15, -0.1) is 12.4 Å². The first-order valence-corrected chi connectivity index (χ1v) is 8.59. The van der Waals surface area contributed by atoms with E-state index >= 15 is 0 Å². The molecule has 1 aliphatic rings. The van der Waals surface area contributed by atoms with Crippen molar-refractivity contribution in [3.63, 3.8) is 0 Å². The van der Waals surface area contributed by atoms with E-state index in [2.05, 4.69) is 5.32 Å². The van der Waals surface area contributed by atoms with E-state index in [4.69, 9.17) is 9.15 Å². The quantitative estimate of drug-likeness (QED) is 0.815. The zero-order valence-corrected chi connectivity index (χ0v) is 15.5. The van der Waals surface area contributed by atoms with Crippen molar-refractivity contribution in [2.75, 3.05) is 20.2 Å². The highest BCUT2D eigenvalue weighted by Gasteiger charge is 2.40. The summed E-state index contributed by atoms with van der Waals surface area (Å²) >= 11 is 0. The fourth-order valence-electron chi connectivity index (χ4n) is 2.79. The van der Waals surface area contributed by atoms with Gasteiger partial charge in [-0.3, -0.25) is 0 Å². The summed E-state index contributed by atoms with van der Waals surface area (Å²) in [6, 6.07) is -0.197. The molecule has 1 aromatic rings. The van der Waals surface area contributed by atoms with Crippen molar-refractivity contribution in [1.82, 2.24) is 9.62 Å². The number of esters is 1. The molecule has 0 amide bonds. The second-order valence-electron chi connectivity index (χ2n) is 5.51. The lowest BCUT2D eigenvalue weighted by atomic mass is 10.1. The van der Waals surface area contributed by atoms with Crippen LogP contribution in [0.4, 0.5) is 0 Å². The van der Waals surface area contributed by atoms with E-state index in [1.165, 1.54) is 11.4 Å². The molecule has 23 heavy (non-hydrogen) atoms. The van der Waals surface area contributed by atoms with Crippen molar-refractivity contribution in [3.8, 4) is 0 Å². The number of nitrogens with one attached hydrogen (secondary N) is 1. The standard InChI is InChI=1S/C14H22N2O5S.ClH/c1-8-9(2)16(7-6-15-8)22(18,19)13-11(4)21-10(3)12(13)14(17)20-5;/h8-9,15H,6-7H2,1-5H3;1H. The molecule has 0 aromatic carbocycles. The molecule has 1 aliphatic heterocycles. The van der Waals surface area contributed by atoms with Crippen LogP contribution >= 0.6 is 12.4 Å². The van der Waals surface area contributed by atoms with E-state index in [0.717, 1.165) is 0 Å². The second-order valence-corrected chi connectivity index (χ2v) is 7.34. The molecular formula is C14H23ClN2O5S. The molecule has 1 saturated heterocycles. The number of halogens is 1. The van der Waals surface area contributed by atoms with Gasteiger partial charge in [0, 0.05) is 25.2 Å². The third-order valence-electron chi connectivity index (χ3n) is 4.14. The number of carbonyl (C=O) groups excluding carboxylic acids is 1. The summed E-state index contributed by atoms with van der Waals surface area (Å²) in [6.45, 7) is 7.78. The highest BCUT2D eigenvalue weighted by Crippen LogP contribution is 2.31. The van der Waals surface area contributed by atoms with Crippen molar-refractivity contribution in [3.05, 3.63) is 17.1 Å². The summed E-state index contributed by atoms with van der Waals surface area (Å²) in [7, 11) is -2.62. The van der Waals surface area contributed by atoms with Gasteiger partial charge < -0.3 is 14.5 Å². The molecule has 2 heterocycles. The number of nitrogens with zero attached hydrogens (tertiary/aromatic N) is 1. The summed E-state index contributed by atoms with van der Waals surface area (Å²) in [5.41, 5.74) is -0.0154. The Morgan fingerprint density at radius 3 is 2.48 bits per heavy atom. The van der Waals surface area contributed by atoms with Crippen LogP contribution in [0.5, 0.6) is 0 Å². The lowest BCUT2D eigenvalue weighted by Crippen LogP contribution is -2.57. The second kappa shape index (κ2) is 7.21. The molecule has 0 spiro atoms. The number of carbonyl (C=O) groups is 1. The average Bonchev–Trinajstić information content (AvgIpc) is 2.76. The molecule has 0 saturated carbocycles. The van der Waals surface area contributed by atoms with Crippen LogP contribution in [0, 0.1) is 13.8 Å². The first-order valence-electron chi connectivity index (χ1n) is 7.15. The van der Waals surface area contributed by atoms with E-state index in [9.17, 15) is 13.2 Å². The first kappa shape index (κ1) is 20.0. The number of hydrogen-bond donors (Lipinski definition) is 1. The number of methoxy groups -OCH3 is 1. The van der Waals surface area contributed by atoms with Crippen LogP contribution in [-0.2, 0) is 14.8 Å². The maximum atomic E-state index is 13.0. The van der Waals surface area contributed by atoms with Gasteiger partial charge in [0.05, 0.1) is 7.11 Å². The van der Waals surface area contributed by atoms with Gasteiger partial charge in [0.25, 0.3) is 0 Å². The fraction of sp³-hybridized carbons (Fsp3) is 0.643. The number of piperazine rings is 1. The maximum absolute atomic E-state index is 13.0. The number of hydrogen-bond acceptors (Lipinski definition) is 6. The Morgan fingerprint density at radius 2 is 1.91 bits per heavy atom. The third-order valence-corrected chi connectivity index (χ3v) is 6.28. The van der Waals surface area contributed by atoms with E-state index in [1.54, 1.807) is 13.8 Å². The zero-order chi connectivity index (χ0) is 16.7. The van der Waals surface area contributed by atoms with Gasteiger partial charge in [-0.25, -0.2) is 13.2 Å². The van der Waals surface area contributed by atoms with Gasteiger partial charge in [0.2, 0.25) is 10.0 Å². The van der Waals surface area contributed by atoms with Gasteiger partial charge in [0.15, 0.2) is 0 Å². The minimum absolute atomic E-state index is 0. The summed E-state index contributed by atoms with van der Waals surface area (Å²) in [4.78, 5) is 11.9. The van der Waals surface area contributed by atoms with Gasteiger partial charge in [0.1, 0.15) is 22.0 Å². The molecule has 1 aromatic heterocycles. The smallest absolute Gasteiger partial charge is 0.342 e. The average molecular weight is 367 g/mol. The molecule has 9 heteroatoms. The van der Waals surface area contributed by atoms with E-state index in [0.29, 0.717) is 13.1 Å². The molecule has 1 fully saturated rings.